The van der Waals surface area contributed by atoms with Gasteiger partial charge in [0.05, 0.1) is 18.7 Å². The average molecular weight is 273 g/mol. The van der Waals surface area contributed by atoms with Crippen molar-refractivity contribution in [3.63, 3.8) is 0 Å². The molecule has 1 unspecified atom stereocenters. The highest BCUT2D eigenvalue weighted by Crippen LogP contribution is 2.41. The third-order valence-electron chi connectivity index (χ3n) is 4.34. The molecule has 1 aliphatic rings. The van der Waals surface area contributed by atoms with Crippen LogP contribution in [-0.4, -0.2) is 22.7 Å². The summed E-state index contributed by atoms with van der Waals surface area (Å²) >= 11 is 0. The van der Waals surface area contributed by atoms with E-state index in [1.165, 1.54) is 16.5 Å². The molecule has 0 aliphatic carbocycles. The number of hydrogen-bond acceptors (Lipinski definition) is 2. The van der Waals surface area contributed by atoms with Crippen molar-refractivity contribution in [2.24, 2.45) is 0 Å². The second-order valence-electron chi connectivity index (χ2n) is 5.49. The monoisotopic (exact) mass is 273 g/mol. The van der Waals surface area contributed by atoms with Crippen molar-refractivity contribution in [1.82, 2.24) is 4.98 Å². The first-order valence-corrected chi connectivity index (χ1v) is 7.04. The van der Waals surface area contributed by atoms with Gasteiger partial charge in [-0.15, -0.1) is 0 Å². The molecule has 0 spiro atoms. The number of H-pyrrole nitrogens is 1. The molecule has 0 radical (unpaired) electrons. The summed E-state index contributed by atoms with van der Waals surface area (Å²) in [6.45, 7) is 4.63. The number of fused-ring (bicyclic) bond motifs is 3. The van der Waals surface area contributed by atoms with E-state index in [1.807, 2.05) is 13.0 Å². The Morgan fingerprint density at radius 2 is 2.30 bits per heavy atom. The number of para-hydroxylation sites is 1. The van der Waals surface area contributed by atoms with E-state index in [1.54, 1.807) is 0 Å². The van der Waals surface area contributed by atoms with Gasteiger partial charge in [0, 0.05) is 10.9 Å². The lowest BCUT2D eigenvalue weighted by Crippen LogP contribution is -2.37. The van der Waals surface area contributed by atoms with Gasteiger partial charge in [-0.05, 0) is 30.9 Å². The van der Waals surface area contributed by atoms with E-state index in [0.717, 1.165) is 17.6 Å². The lowest BCUT2D eigenvalue weighted by atomic mass is 9.86. The minimum Gasteiger partial charge on any atom is -0.481 e. The molecular formula is C16H19NO3. The van der Waals surface area contributed by atoms with E-state index in [4.69, 9.17) is 4.74 Å². The average Bonchev–Trinajstić information content (AvgIpc) is 2.80. The van der Waals surface area contributed by atoms with Crippen LogP contribution in [0.15, 0.2) is 18.2 Å². The Hall–Kier alpha value is -1.81. The molecule has 0 saturated carbocycles. The first-order valence-electron chi connectivity index (χ1n) is 7.04. The van der Waals surface area contributed by atoms with Gasteiger partial charge >= 0.3 is 5.97 Å². The summed E-state index contributed by atoms with van der Waals surface area (Å²) in [7, 11) is 0. The van der Waals surface area contributed by atoms with Gasteiger partial charge in [-0.25, -0.2) is 0 Å². The highest BCUT2D eigenvalue weighted by atomic mass is 16.5. The number of carbonyl (C=O) groups is 1. The third-order valence-corrected chi connectivity index (χ3v) is 4.34. The second kappa shape index (κ2) is 4.63. The normalized spacial score (nSPS) is 21.9. The van der Waals surface area contributed by atoms with Gasteiger partial charge in [0.25, 0.3) is 0 Å². The summed E-state index contributed by atoms with van der Waals surface area (Å²) in [4.78, 5) is 14.7. The molecule has 0 amide bonds. The number of aryl methyl sites for hydroxylation is 1. The Kier molecular flexibility index (Phi) is 3.05. The summed E-state index contributed by atoms with van der Waals surface area (Å²) in [6, 6.07) is 6.21. The van der Waals surface area contributed by atoms with Crippen LogP contribution in [-0.2, 0) is 21.6 Å². The first-order chi connectivity index (χ1) is 9.57. The van der Waals surface area contributed by atoms with Crippen LogP contribution < -0.4 is 0 Å². The molecule has 4 heteroatoms. The number of rotatable bonds is 3. The predicted octanol–water partition coefficient (Wildman–Crippen LogP) is 3.13. The fourth-order valence-electron chi connectivity index (χ4n) is 3.28. The summed E-state index contributed by atoms with van der Waals surface area (Å²) in [5.74, 6) is -0.824. The van der Waals surface area contributed by atoms with E-state index in [9.17, 15) is 9.90 Å². The minimum absolute atomic E-state index is 0.00235. The molecule has 1 atom stereocenters. The number of carboxylic acids is 1. The molecule has 2 N–H and O–H groups in total. The summed E-state index contributed by atoms with van der Waals surface area (Å²) in [6.07, 6.45) is 1.49. The van der Waals surface area contributed by atoms with Gasteiger partial charge in [0.2, 0.25) is 0 Å². The number of aromatic amines is 1. The topological polar surface area (TPSA) is 62.3 Å². The molecule has 106 valence electrons. The molecule has 0 bridgehead atoms. The molecule has 4 nitrogen and oxygen atoms in total. The summed E-state index contributed by atoms with van der Waals surface area (Å²) < 4.78 is 5.91. The van der Waals surface area contributed by atoms with Crippen molar-refractivity contribution < 1.29 is 14.6 Å². The van der Waals surface area contributed by atoms with Gasteiger partial charge in [-0.2, -0.15) is 0 Å². The lowest BCUT2D eigenvalue weighted by molar-refractivity contribution is -0.148. The van der Waals surface area contributed by atoms with Crippen LogP contribution in [0.5, 0.6) is 0 Å². The van der Waals surface area contributed by atoms with Crippen molar-refractivity contribution in [2.45, 2.75) is 38.7 Å². The molecule has 3 rings (SSSR count). The van der Waals surface area contributed by atoms with Crippen LogP contribution in [0, 0.1) is 6.92 Å². The van der Waals surface area contributed by atoms with Gasteiger partial charge in [0.15, 0.2) is 0 Å². The first kappa shape index (κ1) is 13.2. The SMILES string of the molecule is CCC1(CC(=O)O)OCCc2c1[nH]c1c(C)cccc21. The molecule has 2 heterocycles. The minimum atomic E-state index is -0.824. The van der Waals surface area contributed by atoms with Crippen LogP contribution in [0.2, 0.25) is 0 Å². The zero-order valence-corrected chi connectivity index (χ0v) is 11.8. The molecule has 20 heavy (non-hydrogen) atoms. The smallest absolute Gasteiger partial charge is 0.306 e. The van der Waals surface area contributed by atoms with Gasteiger partial charge in [-0.1, -0.05) is 25.1 Å². The molecule has 0 saturated heterocycles. The molecule has 2 aromatic rings. The Labute approximate surface area is 117 Å². The Morgan fingerprint density at radius 1 is 1.50 bits per heavy atom. The van der Waals surface area contributed by atoms with Gasteiger partial charge < -0.3 is 14.8 Å². The summed E-state index contributed by atoms with van der Waals surface area (Å²) in [5.41, 5.74) is 3.74. The number of benzene rings is 1. The Balaban J connectivity index is 2.24. The Bertz CT molecular complexity index is 674. The molecule has 1 aromatic heterocycles. The maximum absolute atomic E-state index is 11.2. The van der Waals surface area contributed by atoms with Crippen LogP contribution in [0.1, 0.15) is 36.6 Å². The highest BCUT2D eigenvalue weighted by Gasteiger charge is 2.40. The number of aliphatic carboxylic acids is 1. The molecule has 0 fully saturated rings. The van der Waals surface area contributed by atoms with E-state index in [-0.39, 0.29) is 6.42 Å². The maximum Gasteiger partial charge on any atom is 0.306 e. The number of hydrogen-bond donors (Lipinski definition) is 2. The van der Waals surface area contributed by atoms with Crippen LogP contribution in [0.3, 0.4) is 0 Å². The third kappa shape index (κ3) is 1.83. The molecule has 1 aliphatic heterocycles. The van der Waals surface area contributed by atoms with Crippen LogP contribution >= 0.6 is 0 Å². The fraction of sp³-hybridized carbons (Fsp3) is 0.438. The standard InChI is InChI=1S/C16H19NO3/c1-3-16(9-13(18)19)15-12(7-8-20-16)11-6-4-5-10(2)14(11)17-15/h4-6,17H,3,7-9H2,1-2H3,(H,18,19). The van der Waals surface area contributed by atoms with Crippen LogP contribution in [0.4, 0.5) is 0 Å². The largest absolute Gasteiger partial charge is 0.481 e. The van der Waals surface area contributed by atoms with Gasteiger partial charge in [0.1, 0.15) is 5.60 Å². The van der Waals surface area contributed by atoms with E-state index >= 15 is 0 Å². The second-order valence-corrected chi connectivity index (χ2v) is 5.49. The number of nitrogens with one attached hydrogen (secondary N) is 1. The van der Waals surface area contributed by atoms with Crippen molar-refractivity contribution in [1.29, 1.82) is 0 Å². The van der Waals surface area contributed by atoms with Crippen molar-refractivity contribution in [2.75, 3.05) is 6.61 Å². The van der Waals surface area contributed by atoms with Crippen molar-refractivity contribution >= 4 is 16.9 Å². The maximum atomic E-state index is 11.2. The predicted molar refractivity (Wildman–Crippen MR) is 76.9 cm³/mol. The van der Waals surface area contributed by atoms with E-state index in [0.29, 0.717) is 13.0 Å². The van der Waals surface area contributed by atoms with Crippen molar-refractivity contribution in [3.05, 3.63) is 35.0 Å². The Morgan fingerprint density at radius 3 is 3.00 bits per heavy atom. The van der Waals surface area contributed by atoms with Crippen LogP contribution in [0.25, 0.3) is 10.9 Å². The highest BCUT2D eigenvalue weighted by molar-refractivity contribution is 5.88. The zero-order valence-electron chi connectivity index (χ0n) is 11.8. The molecular weight excluding hydrogens is 254 g/mol. The molecule has 1 aromatic carbocycles. The quantitative estimate of drug-likeness (QED) is 0.903. The van der Waals surface area contributed by atoms with Gasteiger partial charge in [-0.3, -0.25) is 4.79 Å². The lowest BCUT2D eigenvalue weighted by Gasteiger charge is -2.35. The number of aromatic nitrogens is 1. The summed E-state index contributed by atoms with van der Waals surface area (Å²) in [5, 5.41) is 10.4. The number of carboxylic acid groups (broad SMARTS) is 1. The van der Waals surface area contributed by atoms with E-state index in [2.05, 4.69) is 24.0 Å². The fourth-order valence-corrected chi connectivity index (χ4v) is 3.28. The van der Waals surface area contributed by atoms with Crippen molar-refractivity contribution in [3.8, 4) is 0 Å². The zero-order chi connectivity index (χ0) is 14.3. The van der Waals surface area contributed by atoms with E-state index < -0.39 is 11.6 Å². The number of ether oxygens (including phenoxy) is 1.